The summed E-state index contributed by atoms with van der Waals surface area (Å²) in [7, 11) is 2.11. The van der Waals surface area contributed by atoms with E-state index in [4.69, 9.17) is 0 Å². The fourth-order valence-electron chi connectivity index (χ4n) is 5.89. The van der Waals surface area contributed by atoms with Gasteiger partial charge < -0.3 is 20.3 Å². The van der Waals surface area contributed by atoms with E-state index in [1.807, 2.05) is 37.3 Å². The molecule has 1 unspecified atom stereocenters. The number of hydrogen-bond donors (Lipinski definition) is 3. The van der Waals surface area contributed by atoms with Gasteiger partial charge in [-0.25, -0.2) is 13.8 Å². The molecule has 1 atom stereocenters. The molecule has 0 spiro atoms. The van der Waals surface area contributed by atoms with Gasteiger partial charge in [0.2, 0.25) is 0 Å². The number of hydrogen-bond acceptors (Lipinski definition) is 5. The number of phenols is 1. The molecule has 2 aromatic heterocycles. The van der Waals surface area contributed by atoms with E-state index in [1.54, 1.807) is 13.0 Å². The van der Waals surface area contributed by atoms with Crippen molar-refractivity contribution in [2.45, 2.75) is 38.6 Å². The first-order valence-corrected chi connectivity index (χ1v) is 14.8. The fraction of sp³-hybridized carbons (Fsp3) is 0.273. The number of fused-ring (bicyclic) bond motifs is 1. The number of H-pyrrole nitrogens is 1. The van der Waals surface area contributed by atoms with Crippen molar-refractivity contribution in [1.82, 2.24) is 20.2 Å². The number of benzene rings is 3. The number of piperidine rings is 1. The third-order valence-corrected chi connectivity index (χ3v) is 9.33. The van der Waals surface area contributed by atoms with E-state index in [2.05, 4.69) is 33.3 Å². The zero-order chi connectivity index (χ0) is 29.5. The van der Waals surface area contributed by atoms with Crippen LogP contribution >= 0.6 is 11.3 Å². The van der Waals surface area contributed by atoms with Crippen LogP contribution in [0.25, 0.3) is 21.3 Å². The second-order valence-corrected chi connectivity index (χ2v) is 12.1. The van der Waals surface area contributed by atoms with Crippen LogP contribution in [0, 0.1) is 25.5 Å². The average molecular weight is 587 g/mol. The maximum Gasteiger partial charge on any atom is 0.281 e. The van der Waals surface area contributed by atoms with Gasteiger partial charge in [0.25, 0.3) is 5.91 Å². The van der Waals surface area contributed by atoms with Gasteiger partial charge in [-0.3, -0.25) is 4.79 Å². The van der Waals surface area contributed by atoms with Crippen LogP contribution in [0.4, 0.5) is 8.78 Å². The van der Waals surface area contributed by atoms with Crippen molar-refractivity contribution in [3.05, 3.63) is 105 Å². The molecule has 1 aliphatic heterocycles. The number of halogens is 2. The number of para-hydroxylation sites is 1. The molecule has 3 heterocycles. The van der Waals surface area contributed by atoms with Crippen LogP contribution in [0.3, 0.4) is 0 Å². The Bertz CT molecular complexity index is 1730. The molecule has 216 valence electrons. The maximum atomic E-state index is 15.7. The topological polar surface area (TPSA) is 81.2 Å². The third-order valence-electron chi connectivity index (χ3n) is 8.16. The van der Waals surface area contributed by atoms with Crippen molar-refractivity contribution in [2.75, 3.05) is 20.1 Å². The number of amides is 1. The number of carbonyl (C=O) groups is 1. The fourth-order valence-corrected chi connectivity index (χ4v) is 6.97. The first kappa shape index (κ1) is 28.1. The Morgan fingerprint density at radius 3 is 2.60 bits per heavy atom. The highest BCUT2D eigenvalue weighted by Crippen LogP contribution is 2.38. The molecule has 6 rings (SSSR count). The molecule has 0 radical (unpaired) electrons. The van der Waals surface area contributed by atoms with Crippen molar-refractivity contribution >= 4 is 28.1 Å². The Labute approximate surface area is 247 Å². The summed E-state index contributed by atoms with van der Waals surface area (Å²) in [5.41, 5.74) is 4.44. The van der Waals surface area contributed by atoms with E-state index in [0.29, 0.717) is 27.7 Å². The first-order valence-electron chi connectivity index (χ1n) is 14.0. The Balaban J connectivity index is 1.32. The highest BCUT2D eigenvalue weighted by atomic mass is 32.1. The lowest BCUT2D eigenvalue weighted by atomic mass is 9.87. The zero-order valence-corrected chi connectivity index (χ0v) is 24.5. The highest BCUT2D eigenvalue weighted by molar-refractivity contribution is 7.17. The number of likely N-dealkylation sites (tertiary alicyclic amines) is 1. The van der Waals surface area contributed by atoms with Gasteiger partial charge in [-0.2, -0.15) is 0 Å². The number of aromatic hydroxyl groups is 1. The summed E-state index contributed by atoms with van der Waals surface area (Å²) in [6.45, 7) is 5.65. The van der Waals surface area contributed by atoms with Gasteiger partial charge in [-0.1, -0.05) is 24.3 Å². The summed E-state index contributed by atoms with van der Waals surface area (Å²) in [6, 6.07) is 15.9. The van der Waals surface area contributed by atoms with E-state index >= 15 is 4.39 Å². The molecular weight excluding hydrogens is 554 g/mol. The van der Waals surface area contributed by atoms with Gasteiger partial charge in [-0.05, 0) is 106 Å². The van der Waals surface area contributed by atoms with Crippen molar-refractivity contribution < 1.29 is 18.7 Å². The Kier molecular flexibility index (Phi) is 7.55. The molecule has 3 N–H and O–H groups in total. The molecule has 3 aromatic carbocycles. The van der Waals surface area contributed by atoms with Crippen LogP contribution in [-0.2, 0) is 0 Å². The smallest absolute Gasteiger partial charge is 0.281 e. The summed E-state index contributed by atoms with van der Waals surface area (Å²) in [4.78, 5) is 24.3. The van der Waals surface area contributed by atoms with E-state index in [9.17, 15) is 14.3 Å². The minimum absolute atomic E-state index is 0.151. The van der Waals surface area contributed by atoms with E-state index < -0.39 is 17.8 Å². The van der Waals surface area contributed by atoms with Crippen molar-refractivity contribution in [3.8, 4) is 16.2 Å². The highest BCUT2D eigenvalue weighted by Gasteiger charge is 2.27. The Morgan fingerprint density at radius 2 is 1.86 bits per heavy atom. The number of aryl methyl sites for hydroxylation is 2. The molecule has 0 aliphatic carbocycles. The number of thiazole rings is 1. The molecule has 6 nitrogen and oxygen atoms in total. The molecule has 1 aliphatic rings. The second-order valence-electron chi connectivity index (χ2n) is 11.1. The van der Waals surface area contributed by atoms with Gasteiger partial charge in [0.15, 0.2) is 5.01 Å². The number of nitrogens with one attached hydrogen (secondary N) is 2. The zero-order valence-electron chi connectivity index (χ0n) is 23.7. The monoisotopic (exact) mass is 586 g/mol. The van der Waals surface area contributed by atoms with Gasteiger partial charge in [0, 0.05) is 22.3 Å². The van der Waals surface area contributed by atoms with Gasteiger partial charge in [-0.15, -0.1) is 11.3 Å². The summed E-state index contributed by atoms with van der Waals surface area (Å²) >= 11 is 1.12. The SMILES string of the molecule is Cc1cc(C2CCN(C)CC2)cc(F)c1-c1sc(C(=O)NC(c2cc3ccccc3[nH]2)c2cc(F)ccc2O)nc1C. The lowest BCUT2D eigenvalue weighted by Crippen LogP contribution is -2.29. The number of nitrogens with zero attached hydrogens (tertiary/aromatic N) is 2. The number of phenolic OH excluding ortho intramolecular Hbond substituents is 1. The van der Waals surface area contributed by atoms with Crippen LogP contribution in [0.2, 0.25) is 0 Å². The summed E-state index contributed by atoms with van der Waals surface area (Å²) < 4.78 is 29.9. The molecule has 0 bridgehead atoms. The van der Waals surface area contributed by atoms with Gasteiger partial charge >= 0.3 is 0 Å². The van der Waals surface area contributed by atoms with E-state index in [-0.39, 0.29) is 22.1 Å². The lowest BCUT2D eigenvalue weighted by molar-refractivity contribution is 0.0941. The molecule has 0 saturated carbocycles. The number of carbonyl (C=O) groups excluding carboxylic acids is 1. The number of aromatic amines is 1. The van der Waals surface area contributed by atoms with Crippen LogP contribution in [-0.4, -0.2) is 46.0 Å². The molecular formula is C33H32F2N4O2S. The predicted molar refractivity (Wildman–Crippen MR) is 162 cm³/mol. The normalized spacial score (nSPS) is 15.3. The molecule has 9 heteroatoms. The Morgan fingerprint density at radius 1 is 1.10 bits per heavy atom. The summed E-state index contributed by atoms with van der Waals surface area (Å²) in [5, 5.41) is 14.6. The minimum Gasteiger partial charge on any atom is -0.508 e. The largest absolute Gasteiger partial charge is 0.508 e. The van der Waals surface area contributed by atoms with Crippen LogP contribution in [0.5, 0.6) is 5.75 Å². The molecule has 1 saturated heterocycles. The maximum absolute atomic E-state index is 15.7. The van der Waals surface area contributed by atoms with Crippen LogP contribution in [0.15, 0.2) is 60.7 Å². The quantitative estimate of drug-likeness (QED) is 0.196. The van der Waals surface area contributed by atoms with E-state index in [1.165, 1.54) is 12.1 Å². The second kappa shape index (κ2) is 11.3. The lowest BCUT2D eigenvalue weighted by Gasteiger charge is -2.29. The van der Waals surface area contributed by atoms with E-state index in [0.717, 1.165) is 65.4 Å². The van der Waals surface area contributed by atoms with Crippen molar-refractivity contribution in [1.29, 1.82) is 0 Å². The summed E-state index contributed by atoms with van der Waals surface area (Å²) in [5.74, 6) is -1.20. The summed E-state index contributed by atoms with van der Waals surface area (Å²) in [6.07, 6.45) is 1.99. The molecule has 1 amide bonds. The Hall–Kier alpha value is -4.08. The predicted octanol–water partition coefficient (Wildman–Crippen LogP) is 7.22. The minimum atomic E-state index is -0.888. The van der Waals surface area contributed by atoms with Crippen LogP contribution < -0.4 is 5.32 Å². The number of rotatable bonds is 6. The standard InChI is InChI=1S/C33H32F2N4O2S/c1-18-14-22(20-10-12-39(3)13-11-20)15-25(35)29(18)31-19(2)36-33(42-31)32(41)38-30(24-17-23(34)8-9-28(24)40)27-16-21-6-4-5-7-26(21)37-27/h4-9,14-17,20,30,37,40H,10-13H2,1-3H3,(H,38,41). The molecule has 42 heavy (non-hydrogen) atoms. The molecule has 5 aromatic rings. The van der Waals surface area contributed by atoms with Gasteiger partial charge in [0.1, 0.15) is 17.4 Å². The van der Waals surface area contributed by atoms with Crippen molar-refractivity contribution in [3.63, 3.8) is 0 Å². The van der Waals surface area contributed by atoms with Crippen molar-refractivity contribution in [2.24, 2.45) is 0 Å². The van der Waals surface area contributed by atoms with Crippen LogP contribution in [0.1, 0.15) is 62.7 Å². The average Bonchev–Trinajstić information content (AvgIpc) is 3.57. The third kappa shape index (κ3) is 5.42. The van der Waals surface area contributed by atoms with Gasteiger partial charge in [0.05, 0.1) is 16.6 Å². The first-order chi connectivity index (χ1) is 20.2. The number of aromatic nitrogens is 2. The molecule has 1 fully saturated rings.